The molecular formula is C9H10ClN3O. The molecule has 0 N–H and O–H groups in total. The van der Waals surface area contributed by atoms with E-state index in [9.17, 15) is 4.79 Å². The summed E-state index contributed by atoms with van der Waals surface area (Å²) in [6.07, 6.45) is 1.09. The van der Waals surface area contributed by atoms with E-state index in [1.807, 2.05) is 6.07 Å². The van der Waals surface area contributed by atoms with E-state index >= 15 is 0 Å². The predicted molar refractivity (Wildman–Crippen MR) is 53.1 cm³/mol. The number of aromatic nitrogens is 2. The summed E-state index contributed by atoms with van der Waals surface area (Å²) in [6.45, 7) is 2.24. The first-order chi connectivity index (χ1) is 6.65. The van der Waals surface area contributed by atoms with Gasteiger partial charge in [0.25, 0.3) is 5.56 Å². The van der Waals surface area contributed by atoms with Crippen LogP contribution < -0.4 is 5.56 Å². The number of aryl methyl sites for hydroxylation is 1. The highest BCUT2D eigenvalue weighted by Gasteiger charge is 2.02. The molecule has 1 aromatic rings. The number of unbranched alkanes of at least 4 members (excludes halogenated alkanes) is 1. The monoisotopic (exact) mass is 211 g/mol. The van der Waals surface area contributed by atoms with E-state index in [1.165, 1.54) is 10.6 Å². The van der Waals surface area contributed by atoms with E-state index in [4.69, 9.17) is 16.9 Å². The van der Waals surface area contributed by atoms with Gasteiger partial charge in [-0.1, -0.05) is 11.6 Å². The molecule has 0 saturated carbocycles. The fourth-order valence-electron chi connectivity index (χ4n) is 1.17. The Hall–Kier alpha value is -1.34. The van der Waals surface area contributed by atoms with Crippen LogP contribution >= 0.6 is 11.6 Å². The minimum absolute atomic E-state index is 0.166. The topological polar surface area (TPSA) is 58.7 Å². The van der Waals surface area contributed by atoms with Crippen LogP contribution in [-0.2, 0) is 6.54 Å². The molecule has 14 heavy (non-hydrogen) atoms. The second-order valence-corrected chi connectivity index (χ2v) is 3.26. The molecule has 4 nitrogen and oxygen atoms in total. The van der Waals surface area contributed by atoms with Gasteiger partial charge in [0.2, 0.25) is 0 Å². The van der Waals surface area contributed by atoms with Crippen molar-refractivity contribution in [1.29, 1.82) is 5.26 Å². The Morgan fingerprint density at radius 2 is 2.43 bits per heavy atom. The van der Waals surface area contributed by atoms with Gasteiger partial charge in [-0.3, -0.25) is 9.36 Å². The van der Waals surface area contributed by atoms with Crippen LogP contribution in [0.5, 0.6) is 0 Å². The number of halogens is 1. The van der Waals surface area contributed by atoms with Crippen LogP contribution in [0.1, 0.15) is 18.7 Å². The van der Waals surface area contributed by atoms with E-state index in [0.29, 0.717) is 25.2 Å². The largest absolute Gasteiger partial charge is 0.297 e. The van der Waals surface area contributed by atoms with Crippen LogP contribution in [0.25, 0.3) is 0 Å². The highest BCUT2D eigenvalue weighted by molar-refractivity contribution is 6.29. The number of hydrogen-bond donors (Lipinski definition) is 0. The molecule has 0 fully saturated rings. The summed E-state index contributed by atoms with van der Waals surface area (Å²) < 4.78 is 1.52. The van der Waals surface area contributed by atoms with Gasteiger partial charge >= 0.3 is 0 Å². The summed E-state index contributed by atoms with van der Waals surface area (Å²) in [5.74, 6) is 0.584. The molecule has 0 saturated heterocycles. The van der Waals surface area contributed by atoms with Crippen molar-refractivity contribution in [1.82, 2.24) is 9.55 Å². The van der Waals surface area contributed by atoms with E-state index in [-0.39, 0.29) is 10.7 Å². The van der Waals surface area contributed by atoms with Gasteiger partial charge in [-0.15, -0.1) is 0 Å². The van der Waals surface area contributed by atoms with Crippen molar-refractivity contribution in [3.8, 4) is 6.07 Å². The first kappa shape index (κ1) is 10.7. The van der Waals surface area contributed by atoms with E-state index < -0.39 is 0 Å². The van der Waals surface area contributed by atoms with Gasteiger partial charge in [-0.05, 0) is 13.3 Å². The lowest BCUT2D eigenvalue weighted by Crippen LogP contribution is -2.22. The summed E-state index contributed by atoms with van der Waals surface area (Å²) >= 11 is 5.61. The Kier molecular flexibility index (Phi) is 3.66. The average molecular weight is 212 g/mol. The summed E-state index contributed by atoms with van der Waals surface area (Å²) in [6, 6.07) is 3.31. The molecule has 5 heteroatoms. The van der Waals surface area contributed by atoms with Gasteiger partial charge in [-0.25, -0.2) is 4.98 Å². The van der Waals surface area contributed by atoms with Crippen molar-refractivity contribution in [3.63, 3.8) is 0 Å². The minimum atomic E-state index is -0.166. The second-order valence-electron chi connectivity index (χ2n) is 2.88. The van der Waals surface area contributed by atoms with Crippen molar-refractivity contribution in [3.05, 3.63) is 27.4 Å². The Labute approximate surface area is 86.8 Å². The van der Waals surface area contributed by atoms with Gasteiger partial charge in [0.1, 0.15) is 11.0 Å². The number of hydrogen-bond acceptors (Lipinski definition) is 3. The van der Waals surface area contributed by atoms with Crippen molar-refractivity contribution in [2.24, 2.45) is 0 Å². The third-order valence-electron chi connectivity index (χ3n) is 1.84. The van der Waals surface area contributed by atoms with Crippen LogP contribution in [0.2, 0.25) is 5.15 Å². The molecule has 0 amide bonds. The average Bonchev–Trinajstić information content (AvgIpc) is 2.09. The first-order valence-corrected chi connectivity index (χ1v) is 4.64. The van der Waals surface area contributed by atoms with Crippen molar-refractivity contribution < 1.29 is 0 Å². The Morgan fingerprint density at radius 1 is 1.71 bits per heavy atom. The summed E-state index contributed by atoms with van der Waals surface area (Å²) in [7, 11) is 0. The maximum Gasteiger partial charge on any atom is 0.254 e. The molecule has 74 valence electrons. The second kappa shape index (κ2) is 4.77. The molecule has 0 atom stereocenters. The molecule has 1 rings (SSSR count). The lowest BCUT2D eigenvalue weighted by molar-refractivity contribution is 0.600. The molecule has 0 bridgehead atoms. The summed E-state index contributed by atoms with van der Waals surface area (Å²) in [5.41, 5.74) is -0.166. The third-order valence-corrected chi connectivity index (χ3v) is 2.03. The van der Waals surface area contributed by atoms with Crippen LogP contribution in [0.3, 0.4) is 0 Å². The Balaban J connectivity index is 2.87. The summed E-state index contributed by atoms with van der Waals surface area (Å²) in [4.78, 5) is 15.4. The molecule has 0 radical (unpaired) electrons. The predicted octanol–water partition coefficient (Wildman–Crippen LogP) is 1.51. The normalized spacial score (nSPS) is 9.79. The maximum absolute atomic E-state index is 11.4. The Morgan fingerprint density at radius 3 is 3.00 bits per heavy atom. The van der Waals surface area contributed by atoms with E-state index in [2.05, 4.69) is 4.98 Å². The maximum atomic E-state index is 11.4. The minimum Gasteiger partial charge on any atom is -0.297 e. The van der Waals surface area contributed by atoms with Gasteiger partial charge in [0, 0.05) is 19.0 Å². The highest BCUT2D eigenvalue weighted by Crippen LogP contribution is 2.02. The number of nitrogens with zero attached hydrogens (tertiary/aromatic N) is 3. The first-order valence-electron chi connectivity index (χ1n) is 4.26. The van der Waals surface area contributed by atoms with Crippen molar-refractivity contribution >= 4 is 11.6 Å². The standard InChI is InChI=1S/C9H10ClN3O/c1-7-12-8(10)6-9(14)13(7)5-3-2-4-11/h6H,2-3,5H2,1H3. The zero-order chi connectivity index (χ0) is 10.6. The van der Waals surface area contributed by atoms with Gasteiger partial charge in [-0.2, -0.15) is 5.26 Å². The van der Waals surface area contributed by atoms with Crippen LogP contribution in [0.4, 0.5) is 0 Å². The Bertz CT molecular complexity index is 419. The van der Waals surface area contributed by atoms with Crippen molar-refractivity contribution in [2.75, 3.05) is 0 Å². The lowest BCUT2D eigenvalue weighted by Gasteiger charge is -2.06. The molecule has 1 aromatic heterocycles. The molecule has 0 aliphatic rings. The van der Waals surface area contributed by atoms with Crippen LogP contribution in [0, 0.1) is 18.3 Å². The fraction of sp³-hybridized carbons (Fsp3) is 0.444. The number of rotatable bonds is 3. The number of nitriles is 1. The smallest absolute Gasteiger partial charge is 0.254 e. The molecule has 0 spiro atoms. The molecule has 0 unspecified atom stereocenters. The van der Waals surface area contributed by atoms with E-state index in [0.717, 1.165) is 0 Å². The van der Waals surface area contributed by atoms with Gasteiger partial charge < -0.3 is 0 Å². The lowest BCUT2D eigenvalue weighted by atomic mass is 10.3. The molecule has 0 aromatic carbocycles. The molecule has 0 aliphatic heterocycles. The quantitative estimate of drug-likeness (QED) is 0.563. The molecular weight excluding hydrogens is 202 g/mol. The third kappa shape index (κ3) is 2.57. The fourth-order valence-corrected chi connectivity index (χ4v) is 1.39. The summed E-state index contributed by atoms with van der Waals surface area (Å²) in [5, 5.41) is 8.56. The molecule has 0 aliphatic carbocycles. The zero-order valence-electron chi connectivity index (χ0n) is 7.83. The van der Waals surface area contributed by atoms with Gasteiger partial charge in [0.05, 0.1) is 6.07 Å². The van der Waals surface area contributed by atoms with Crippen molar-refractivity contribution in [2.45, 2.75) is 26.3 Å². The van der Waals surface area contributed by atoms with Gasteiger partial charge in [0.15, 0.2) is 0 Å². The zero-order valence-corrected chi connectivity index (χ0v) is 8.58. The van der Waals surface area contributed by atoms with Crippen LogP contribution in [-0.4, -0.2) is 9.55 Å². The highest BCUT2D eigenvalue weighted by atomic mass is 35.5. The molecule has 1 heterocycles. The van der Waals surface area contributed by atoms with E-state index in [1.54, 1.807) is 6.92 Å². The SMILES string of the molecule is Cc1nc(Cl)cc(=O)n1CCCC#N. The van der Waals surface area contributed by atoms with Crippen LogP contribution in [0.15, 0.2) is 10.9 Å².